The van der Waals surface area contributed by atoms with Crippen molar-refractivity contribution < 1.29 is 22.9 Å². The van der Waals surface area contributed by atoms with Crippen molar-refractivity contribution in [3.05, 3.63) is 39.6 Å². The number of sulfonamides is 1. The summed E-state index contributed by atoms with van der Waals surface area (Å²) in [5.41, 5.74) is -0.437. The number of nitro benzene ring substituents is 1. The van der Waals surface area contributed by atoms with Gasteiger partial charge in [0, 0.05) is 30.3 Å². The molecule has 1 aromatic heterocycles. The van der Waals surface area contributed by atoms with Crippen molar-refractivity contribution in [2.45, 2.75) is 77.8 Å². The van der Waals surface area contributed by atoms with Gasteiger partial charge in [0.05, 0.1) is 10.5 Å². The molecule has 11 nitrogen and oxygen atoms in total. The van der Waals surface area contributed by atoms with E-state index < -0.39 is 20.5 Å². The van der Waals surface area contributed by atoms with Gasteiger partial charge in [0.1, 0.15) is 10.6 Å². The third kappa shape index (κ3) is 6.11. The Morgan fingerprint density at radius 1 is 1.29 bits per heavy atom. The maximum Gasteiger partial charge on any atom is 0.272 e. The number of nitro groups is 1. The highest BCUT2D eigenvalue weighted by Gasteiger charge is 2.30. The zero-order valence-corrected chi connectivity index (χ0v) is 21.4. The molecule has 2 N–H and O–H groups in total. The zero-order valence-electron chi connectivity index (χ0n) is 20.6. The summed E-state index contributed by atoms with van der Waals surface area (Å²) in [5.74, 6) is -0.319. The number of nitrogens with one attached hydrogen (secondary N) is 2. The third-order valence-corrected chi connectivity index (χ3v) is 6.57. The summed E-state index contributed by atoms with van der Waals surface area (Å²) < 4.78 is 35.8. The molecule has 1 aromatic carbocycles. The number of carbonyl (C=O) groups excluding carboxylic acids is 1. The van der Waals surface area contributed by atoms with Gasteiger partial charge in [-0.25, -0.2) is 17.8 Å². The maximum atomic E-state index is 12.9. The molecule has 0 saturated carbocycles. The van der Waals surface area contributed by atoms with Crippen molar-refractivity contribution in [3.63, 3.8) is 0 Å². The number of carbonyl (C=O) groups is 1. The second-order valence-corrected chi connectivity index (χ2v) is 10.8. The normalized spacial score (nSPS) is 12.9. The molecule has 2 aromatic rings. The number of hydrogen-bond donors (Lipinski definition) is 2. The molecule has 0 unspecified atom stereocenters. The lowest BCUT2D eigenvalue weighted by atomic mass is 10.1. The van der Waals surface area contributed by atoms with Crippen LogP contribution < -0.4 is 14.8 Å². The van der Waals surface area contributed by atoms with Gasteiger partial charge in [-0.15, -0.1) is 0 Å². The highest BCUT2D eigenvalue weighted by atomic mass is 32.2. The van der Waals surface area contributed by atoms with E-state index in [1.54, 1.807) is 13.8 Å². The van der Waals surface area contributed by atoms with Crippen LogP contribution in [0.25, 0.3) is 0 Å². The minimum Gasteiger partial charge on any atom is -0.438 e. The number of benzene rings is 1. The molecule has 1 amide bonds. The second kappa shape index (κ2) is 10.5. The van der Waals surface area contributed by atoms with Crippen LogP contribution >= 0.6 is 0 Å². The Balaban J connectivity index is 2.66. The molecule has 0 bridgehead atoms. The summed E-state index contributed by atoms with van der Waals surface area (Å²) in [6, 6.07) is 3.29. The molecule has 0 saturated heterocycles. The van der Waals surface area contributed by atoms with Gasteiger partial charge in [-0.05, 0) is 53.5 Å². The van der Waals surface area contributed by atoms with Crippen molar-refractivity contribution >= 4 is 21.6 Å². The van der Waals surface area contributed by atoms with Gasteiger partial charge in [-0.1, -0.05) is 13.8 Å². The van der Waals surface area contributed by atoms with Crippen LogP contribution in [-0.4, -0.2) is 41.6 Å². The van der Waals surface area contributed by atoms with Crippen molar-refractivity contribution in [1.82, 2.24) is 19.8 Å². The number of amides is 1. The highest BCUT2D eigenvalue weighted by molar-refractivity contribution is 7.89. The molecule has 0 spiro atoms. The number of hydrogen-bond acceptors (Lipinski definition) is 7. The van der Waals surface area contributed by atoms with Gasteiger partial charge >= 0.3 is 0 Å². The predicted octanol–water partition coefficient (Wildman–Crippen LogP) is 3.86. The number of non-ortho nitro benzene ring substituents is 1. The average Bonchev–Trinajstić information content (AvgIpc) is 3.08. The van der Waals surface area contributed by atoms with Crippen LogP contribution in [0.2, 0.25) is 0 Å². The summed E-state index contributed by atoms with van der Waals surface area (Å²) in [4.78, 5) is 23.1. The molecule has 0 radical (unpaired) electrons. The average molecular weight is 496 g/mol. The van der Waals surface area contributed by atoms with Crippen LogP contribution in [0.5, 0.6) is 11.6 Å². The van der Waals surface area contributed by atoms with Gasteiger partial charge in [0.15, 0.2) is 5.69 Å². The fourth-order valence-electron chi connectivity index (χ4n) is 2.99. The van der Waals surface area contributed by atoms with Crippen molar-refractivity contribution in [1.29, 1.82) is 0 Å². The van der Waals surface area contributed by atoms with Crippen molar-refractivity contribution in [2.75, 3.05) is 6.54 Å². The Morgan fingerprint density at radius 2 is 1.94 bits per heavy atom. The number of nitrogens with zero attached hydrogens (tertiary/aromatic N) is 3. The molecule has 34 heavy (non-hydrogen) atoms. The minimum absolute atomic E-state index is 0.0629. The van der Waals surface area contributed by atoms with Crippen molar-refractivity contribution in [3.8, 4) is 11.6 Å². The first-order chi connectivity index (χ1) is 15.7. The predicted molar refractivity (Wildman–Crippen MR) is 128 cm³/mol. The summed E-state index contributed by atoms with van der Waals surface area (Å²) in [6.45, 7) is 13.0. The van der Waals surface area contributed by atoms with Gasteiger partial charge in [-0.3, -0.25) is 14.9 Å². The topological polar surface area (TPSA) is 145 Å². The van der Waals surface area contributed by atoms with Crippen LogP contribution in [0.4, 0.5) is 5.69 Å². The fraction of sp³-hybridized carbons (Fsp3) is 0.545. The molecular formula is C22H33N5O6S. The second-order valence-electron chi connectivity index (χ2n) is 9.03. The monoisotopic (exact) mass is 495 g/mol. The number of ether oxygens (including phenoxy) is 1. The lowest BCUT2D eigenvalue weighted by molar-refractivity contribution is -0.385. The van der Waals surface area contributed by atoms with E-state index in [4.69, 9.17) is 4.74 Å². The molecule has 2 rings (SSSR count). The molecule has 0 aliphatic rings. The van der Waals surface area contributed by atoms with E-state index in [2.05, 4.69) is 15.1 Å². The van der Waals surface area contributed by atoms with E-state index in [0.717, 1.165) is 18.6 Å². The summed E-state index contributed by atoms with van der Waals surface area (Å²) in [7, 11) is -4.11. The molecule has 12 heteroatoms. The standard InChI is InChI=1S/C22H33N5O6S/c1-8-12-23-34(31,32)18-13-16(27(29)30)10-11-17(18)33-21-15(4)19(20(28)24-14(3)9-2)25-26(21)22(5,6)7/h10-11,13-14,23H,8-9,12H2,1-7H3,(H,24,28)/t14-/m1/s1. The fourth-order valence-corrected chi connectivity index (χ4v) is 4.27. The molecular weight excluding hydrogens is 462 g/mol. The SMILES string of the molecule is CCCNS(=O)(=O)c1cc([N+](=O)[O-])ccc1Oc1c(C)c(C(=O)N[C@H](C)CC)nn1C(C)(C)C. The van der Waals surface area contributed by atoms with E-state index in [-0.39, 0.29) is 46.4 Å². The Morgan fingerprint density at radius 3 is 2.47 bits per heavy atom. The largest absolute Gasteiger partial charge is 0.438 e. The Labute approximate surface area is 200 Å². The van der Waals surface area contributed by atoms with Crippen LogP contribution in [-0.2, 0) is 15.6 Å². The molecule has 0 fully saturated rings. The molecule has 0 aliphatic heterocycles. The van der Waals surface area contributed by atoms with Gasteiger partial charge in [0.2, 0.25) is 15.9 Å². The van der Waals surface area contributed by atoms with Gasteiger partial charge in [-0.2, -0.15) is 5.10 Å². The Kier molecular flexibility index (Phi) is 8.43. The van der Waals surface area contributed by atoms with Crippen LogP contribution in [0.1, 0.15) is 70.4 Å². The zero-order chi connectivity index (χ0) is 25.8. The first kappa shape index (κ1) is 27.3. The summed E-state index contributed by atoms with van der Waals surface area (Å²) >= 11 is 0. The number of rotatable bonds is 10. The Hall–Kier alpha value is -2.99. The molecule has 0 aliphatic carbocycles. The number of aromatic nitrogens is 2. The molecule has 1 heterocycles. The maximum absolute atomic E-state index is 12.9. The highest BCUT2D eigenvalue weighted by Crippen LogP contribution is 2.36. The van der Waals surface area contributed by atoms with Crippen LogP contribution in [0.15, 0.2) is 23.1 Å². The van der Waals surface area contributed by atoms with Gasteiger partial charge < -0.3 is 10.1 Å². The summed E-state index contributed by atoms with van der Waals surface area (Å²) in [6.07, 6.45) is 1.28. The quantitative estimate of drug-likeness (QED) is 0.376. The van der Waals surface area contributed by atoms with E-state index >= 15 is 0 Å². The van der Waals surface area contributed by atoms with Gasteiger partial charge in [0.25, 0.3) is 11.6 Å². The van der Waals surface area contributed by atoms with E-state index in [9.17, 15) is 23.3 Å². The minimum atomic E-state index is -4.11. The molecule has 188 valence electrons. The lowest BCUT2D eigenvalue weighted by Crippen LogP contribution is -2.33. The van der Waals surface area contributed by atoms with E-state index in [1.165, 1.54) is 10.7 Å². The lowest BCUT2D eigenvalue weighted by Gasteiger charge is -2.23. The Bertz CT molecular complexity index is 1170. The first-order valence-corrected chi connectivity index (χ1v) is 12.6. The van der Waals surface area contributed by atoms with Crippen LogP contribution in [0, 0.1) is 17.0 Å². The van der Waals surface area contributed by atoms with Crippen molar-refractivity contribution in [2.24, 2.45) is 0 Å². The third-order valence-electron chi connectivity index (χ3n) is 5.09. The van der Waals surface area contributed by atoms with E-state index in [0.29, 0.717) is 12.0 Å². The smallest absolute Gasteiger partial charge is 0.272 e. The van der Waals surface area contributed by atoms with E-state index in [1.807, 2.05) is 34.6 Å². The first-order valence-electron chi connectivity index (χ1n) is 11.1. The summed E-state index contributed by atoms with van der Waals surface area (Å²) in [5, 5.41) is 18.6. The van der Waals surface area contributed by atoms with Crippen LogP contribution in [0.3, 0.4) is 0 Å². The molecule has 1 atom stereocenters.